The van der Waals surface area contributed by atoms with Crippen LogP contribution in [0.5, 0.6) is 0 Å². The van der Waals surface area contributed by atoms with Gasteiger partial charge in [0.05, 0.1) is 0 Å². The van der Waals surface area contributed by atoms with Crippen LogP contribution in [0.1, 0.15) is 39.2 Å². The molecule has 0 spiro atoms. The number of likely N-dealkylation sites (tertiary alicyclic amines) is 1. The highest BCUT2D eigenvalue weighted by molar-refractivity contribution is 5.73. The van der Waals surface area contributed by atoms with E-state index in [9.17, 15) is 13.6 Å². The van der Waals surface area contributed by atoms with Gasteiger partial charge in [-0.05, 0) is 43.9 Å². The molecule has 25 heavy (non-hydrogen) atoms. The highest BCUT2D eigenvalue weighted by Crippen LogP contribution is 2.28. The van der Waals surface area contributed by atoms with E-state index in [1.807, 2.05) is 17.9 Å². The second-order valence-corrected chi connectivity index (χ2v) is 6.63. The van der Waals surface area contributed by atoms with E-state index >= 15 is 0 Å². The Kier molecular flexibility index (Phi) is 5.93. The number of hydrogen-bond donors (Lipinski definition) is 1. The zero-order valence-corrected chi connectivity index (χ0v) is 15.0. The first-order valence-corrected chi connectivity index (χ1v) is 8.41. The van der Waals surface area contributed by atoms with Crippen molar-refractivity contribution in [3.8, 4) is 0 Å². The molecule has 1 aliphatic rings. The number of halogens is 2. The van der Waals surface area contributed by atoms with E-state index in [2.05, 4.69) is 16.9 Å². The maximum absolute atomic E-state index is 13.4. The number of anilines is 1. The average Bonchev–Trinajstić information content (AvgIpc) is 2.54. The molecule has 1 saturated heterocycles. The number of nitrogens with one attached hydrogen (secondary N) is 1. The van der Waals surface area contributed by atoms with Crippen LogP contribution in [0.2, 0.25) is 0 Å². The molecule has 0 bridgehead atoms. The quantitative estimate of drug-likeness (QED) is 0.805. The molecule has 136 valence electrons. The molecule has 1 N–H and O–H groups in total. The minimum atomic E-state index is -2.90. The van der Waals surface area contributed by atoms with Gasteiger partial charge >= 0.3 is 0 Å². The van der Waals surface area contributed by atoms with E-state index in [1.54, 1.807) is 6.92 Å². The van der Waals surface area contributed by atoms with Crippen molar-refractivity contribution in [2.45, 2.75) is 39.5 Å². The van der Waals surface area contributed by atoms with Crippen molar-refractivity contribution in [2.24, 2.45) is 5.92 Å². The van der Waals surface area contributed by atoms with Crippen LogP contribution in [-0.4, -0.2) is 28.9 Å². The Bertz CT molecular complexity index is 671. The first-order chi connectivity index (χ1) is 11.7. The number of pyridine rings is 1. The second kappa shape index (κ2) is 7.76. The summed E-state index contributed by atoms with van der Waals surface area (Å²) < 4.78 is 26.8. The predicted molar refractivity (Wildman–Crippen MR) is 95.3 cm³/mol. The lowest BCUT2D eigenvalue weighted by atomic mass is 9.89. The molecule has 4 nitrogen and oxygen atoms in total. The Hall–Kier alpha value is -2.24. The van der Waals surface area contributed by atoms with E-state index in [-0.39, 0.29) is 11.5 Å². The number of rotatable bonds is 5. The first kappa shape index (κ1) is 19.1. The summed E-state index contributed by atoms with van der Waals surface area (Å²) in [5, 5.41) is 3.04. The third-order valence-corrected chi connectivity index (χ3v) is 4.46. The molecular formula is C19H25F2N3O. The summed E-state index contributed by atoms with van der Waals surface area (Å²) in [7, 11) is 0. The molecule has 6 heteroatoms. The first-order valence-electron chi connectivity index (χ1n) is 8.41. The van der Waals surface area contributed by atoms with Crippen LogP contribution in [0.25, 0.3) is 0 Å². The molecule has 2 heterocycles. The molecule has 2 rings (SSSR count). The Morgan fingerprint density at radius 2 is 2.04 bits per heavy atom. The molecule has 1 amide bonds. The molecule has 1 aromatic heterocycles. The highest BCUT2D eigenvalue weighted by Gasteiger charge is 2.25. The van der Waals surface area contributed by atoms with Crippen LogP contribution in [0, 0.1) is 5.92 Å². The molecule has 1 fully saturated rings. The van der Waals surface area contributed by atoms with E-state index in [1.165, 1.54) is 18.3 Å². The van der Waals surface area contributed by atoms with Gasteiger partial charge in [0.2, 0.25) is 5.91 Å². The van der Waals surface area contributed by atoms with E-state index in [0.717, 1.165) is 44.1 Å². The van der Waals surface area contributed by atoms with Gasteiger partial charge in [-0.3, -0.25) is 4.79 Å². The summed E-state index contributed by atoms with van der Waals surface area (Å²) in [6.07, 6.45) is 5.07. The molecule has 0 unspecified atom stereocenters. The smallest absolute Gasteiger partial charge is 0.270 e. The fraction of sp³-hybridized carbons (Fsp3) is 0.474. The third-order valence-electron chi connectivity index (χ3n) is 4.46. The lowest BCUT2D eigenvalue weighted by Gasteiger charge is -2.31. The van der Waals surface area contributed by atoms with Crippen LogP contribution in [-0.2, 0) is 10.7 Å². The van der Waals surface area contributed by atoms with Crippen LogP contribution in [0.4, 0.5) is 14.6 Å². The third kappa shape index (κ3) is 5.37. The summed E-state index contributed by atoms with van der Waals surface area (Å²) in [5.74, 6) is -2.08. The van der Waals surface area contributed by atoms with Crippen molar-refractivity contribution >= 4 is 11.7 Å². The zero-order valence-electron chi connectivity index (χ0n) is 15.0. The molecule has 0 aliphatic carbocycles. The molecule has 1 aromatic rings. The molecule has 1 aliphatic heterocycles. The van der Waals surface area contributed by atoms with Crippen molar-refractivity contribution in [3.05, 3.63) is 47.8 Å². The minimum Gasteiger partial charge on any atom is -0.344 e. The normalized spacial score (nSPS) is 16.7. The Balaban J connectivity index is 1.97. The topological polar surface area (TPSA) is 45.2 Å². The zero-order chi connectivity index (χ0) is 18.6. The molecular weight excluding hydrogens is 324 g/mol. The summed E-state index contributed by atoms with van der Waals surface area (Å²) in [6.45, 7) is 9.92. The van der Waals surface area contributed by atoms with Gasteiger partial charge in [-0.1, -0.05) is 12.2 Å². The highest BCUT2D eigenvalue weighted by atomic mass is 19.3. The minimum absolute atomic E-state index is 0.0757. The number of allylic oxidation sites excluding steroid dienone is 3. The largest absolute Gasteiger partial charge is 0.344 e. The lowest BCUT2D eigenvalue weighted by Crippen LogP contribution is -2.37. The number of carbonyl (C=O) groups excluding carboxylic acids is 1. The van der Waals surface area contributed by atoms with Crippen molar-refractivity contribution in [2.75, 3.05) is 18.4 Å². The van der Waals surface area contributed by atoms with Crippen molar-refractivity contribution in [3.63, 3.8) is 0 Å². The van der Waals surface area contributed by atoms with Crippen LogP contribution in [0.15, 0.2) is 42.3 Å². The fourth-order valence-corrected chi connectivity index (χ4v) is 2.97. The maximum Gasteiger partial charge on any atom is 0.270 e. The van der Waals surface area contributed by atoms with Crippen LogP contribution >= 0.6 is 0 Å². The number of carbonyl (C=O) groups is 1. The summed E-state index contributed by atoms with van der Waals surface area (Å²) in [6, 6.07) is 2.66. The van der Waals surface area contributed by atoms with Gasteiger partial charge in [-0.15, -0.1) is 0 Å². The molecule has 0 aromatic carbocycles. The number of amides is 1. The van der Waals surface area contributed by atoms with E-state index < -0.39 is 5.92 Å². The number of nitrogens with zero attached hydrogens (tertiary/aromatic N) is 2. The van der Waals surface area contributed by atoms with Gasteiger partial charge in [-0.2, -0.15) is 0 Å². The Morgan fingerprint density at radius 3 is 2.60 bits per heavy atom. The molecule has 0 radical (unpaired) electrons. The molecule has 0 atom stereocenters. The number of piperidine rings is 1. The number of alkyl halides is 2. The van der Waals surface area contributed by atoms with E-state index in [0.29, 0.717) is 11.7 Å². The van der Waals surface area contributed by atoms with Gasteiger partial charge in [0.15, 0.2) is 0 Å². The van der Waals surface area contributed by atoms with Crippen molar-refractivity contribution < 1.29 is 13.6 Å². The van der Waals surface area contributed by atoms with Crippen LogP contribution in [0.3, 0.4) is 0 Å². The summed E-state index contributed by atoms with van der Waals surface area (Å²) in [4.78, 5) is 17.3. The van der Waals surface area contributed by atoms with Crippen molar-refractivity contribution in [1.29, 1.82) is 0 Å². The summed E-state index contributed by atoms with van der Waals surface area (Å²) >= 11 is 0. The standard InChI is InChI=1S/C19H25F2N3O/c1-13(16-6-9-24(10-7-16)15(3)25)11-14(2)23-18-12-17(5-8-22-18)19(4,20)21/h5,8,11-12,16H,1,6-7,9-10H2,2-4H3,(H,22,23)/b14-11+. The summed E-state index contributed by atoms with van der Waals surface area (Å²) in [5.41, 5.74) is 1.70. The Morgan fingerprint density at radius 1 is 1.40 bits per heavy atom. The predicted octanol–water partition coefficient (Wildman–Crippen LogP) is 4.32. The fourth-order valence-electron chi connectivity index (χ4n) is 2.97. The molecule has 0 saturated carbocycles. The van der Waals surface area contributed by atoms with Gasteiger partial charge in [-0.25, -0.2) is 13.8 Å². The SMILES string of the molecule is C=C(/C=C(\C)Nc1cc(C(C)(F)F)ccn1)C1CCN(C(C)=O)CC1. The van der Waals surface area contributed by atoms with Gasteiger partial charge in [0.25, 0.3) is 5.92 Å². The number of hydrogen-bond acceptors (Lipinski definition) is 3. The second-order valence-electron chi connectivity index (χ2n) is 6.63. The monoisotopic (exact) mass is 349 g/mol. The average molecular weight is 349 g/mol. The van der Waals surface area contributed by atoms with Gasteiger partial charge in [0, 0.05) is 44.4 Å². The van der Waals surface area contributed by atoms with Gasteiger partial charge in [0.1, 0.15) is 5.82 Å². The number of aromatic nitrogens is 1. The van der Waals surface area contributed by atoms with Gasteiger partial charge < -0.3 is 10.2 Å². The lowest BCUT2D eigenvalue weighted by molar-refractivity contribution is -0.130. The Labute approximate surface area is 147 Å². The van der Waals surface area contributed by atoms with Crippen molar-refractivity contribution in [1.82, 2.24) is 9.88 Å². The van der Waals surface area contributed by atoms with E-state index in [4.69, 9.17) is 0 Å². The maximum atomic E-state index is 13.4. The van der Waals surface area contributed by atoms with Crippen LogP contribution < -0.4 is 5.32 Å².